The van der Waals surface area contributed by atoms with Crippen LogP contribution < -0.4 is 10.6 Å². The molecule has 1 heterocycles. The number of rotatable bonds is 5. The lowest BCUT2D eigenvalue weighted by atomic mass is 10.2. The number of fused-ring (bicyclic) bond motifs is 1. The van der Waals surface area contributed by atoms with Crippen molar-refractivity contribution < 1.29 is 9.21 Å². The zero-order valence-corrected chi connectivity index (χ0v) is 12.1. The minimum absolute atomic E-state index is 0.194. The van der Waals surface area contributed by atoms with Crippen molar-refractivity contribution in [3.8, 4) is 0 Å². The molecule has 5 heteroatoms. The smallest absolute Gasteiger partial charge is 0.315 e. The lowest BCUT2D eigenvalue weighted by Crippen LogP contribution is -2.36. The second-order valence-electron chi connectivity index (χ2n) is 4.92. The molecule has 3 aromatic rings. The number of carbonyl (C=O) groups excluding carboxylic acids is 1. The molecule has 3 rings (SSSR count). The third-order valence-corrected chi connectivity index (χ3v) is 3.26. The molecule has 2 aromatic carbocycles. The van der Waals surface area contributed by atoms with Crippen molar-refractivity contribution in [2.45, 2.75) is 13.0 Å². The van der Waals surface area contributed by atoms with Crippen molar-refractivity contribution in [2.75, 3.05) is 6.54 Å². The number of benzene rings is 2. The van der Waals surface area contributed by atoms with Crippen LogP contribution in [0.5, 0.6) is 0 Å². The van der Waals surface area contributed by atoms with Crippen LogP contribution in [0.2, 0.25) is 0 Å². The number of nitrogens with one attached hydrogen (secondary N) is 2. The molecule has 1 aromatic heterocycles. The van der Waals surface area contributed by atoms with E-state index in [0.717, 1.165) is 16.7 Å². The fraction of sp³-hybridized carbons (Fsp3) is 0.176. The monoisotopic (exact) mass is 295 g/mol. The van der Waals surface area contributed by atoms with Gasteiger partial charge in [-0.2, -0.15) is 0 Å². The van der Waals surface area contributed by atoms with E-state index < -0.39 is 0 Å². The van der Waals surface area contributed by atoms with Gasteiger partial charge in [0.2, 0.25) is 0 Å². The average Bonchev–Trinajstić information content (AvgIpc) is 2.96. The number of nitrogens with zero attached hydrogens (tertiary/aromatic N) is 1. The van der Waals surface area contributed by atoms with Crippen LogP contribution in [0.25, 0.3) is 11.1 Å². The van der Waals surface area contributed by atoms with Gasteiger partial charge in [-0.15, -0.1) is 0 Å². The van der Waals surface area contributed by atoms with Crippen molar-refractivity contribution >= 4 is 17.1 Å². The SMILES string of the molecule is O=C(NCCc1nc2ccccc2o1)NCc1ccccc1. The Morgan fingerprint density at radius 1 is 1.00 bits per heavy atom. The predicted molar refractivity (Wildman–Crippen MR) is 84.4 cm³/mol. The van der Waals surface area contributed by atoms with E-state index in [1.807, 2.05) is 54.6 Å². The normalized spacial score (nSPS) is 10.5. The summed E-state index contributed by atoms with van der Waals surface area (Å²) in [6.45, 7) is 0.989. The molecule has 0 bridgehead atoms. The minimum atomic E-state index is -0.194. The Morgan fingerprint density at radius 2 is 1.77 bits per heavy atom. The largest absolute Gasteiger partial charge is 0.441 e. The van der Waals surface area contributed by atoms with Crippen LogP contribution >= 0.6 is 0 Å². The minimum Gasteiger partial charge on any atom is -0.441 e. The van der Waals surface area contributed by atoms with Crippen LogP contribution in [0, 0.1) is 0 Å². The highest BCUT2D eigenvalue weighted by molar-refractivity contribution is 5.74. The van der Waals surface area contributed by atoms with Crippen LogP contribution in [0.3, 0.4) is 0 Å². The summed E-state index contributed by atoms with van der Waals surface area (Å²) in [5, 5.41) is 5.61. The third-order valence-electron chi connectivity index (χ3n) is 3.26. The summed E-state index contributed by atoms with van der Waals surface area (Å²) in [5.74, 6) is 0.629. The molecule has 22 heavy (non-hydrogen) atoms. The van der Waals surface area contributed by atoms with E-state index in [0.29, 0.717) is 25.4 Å². The lowest BCUT2D eigenvalue weighted by Gasteiger charge is -2.06. The number of amides is 2. The second-order valence-corrected chi connectivity index (χ2v) is 4.92. The van der Waals surface area contributed by atoms with Crippen molar-refractivity contribution in [2.24, 2.45) is 0 Å². The maximum absolute atomic E-state index is 11.7. The molecule has 112 valence electrons. The summed E-state index contributed by atoms with van der Waals surface area (Å²) in [6.07, 6.45) is 0.563. The van der Waals surface area contributed by atoms with Gasteiger partial charge in [-0.25, -0.2) is 9.78 Å². The first-order valence-corrected chi connectivity index (χ1v) is 7.21. The number of hydrogen-bond donors (Lipinski definition) is 2. The number of carbonyl (C=O) groups is 1. The average molecular weight is 295 g/mol. The van der Waals surface area contributed by atoms with Gasteiger partial charge in [0.25, 0.3) is 0 Å². The van der Waals surface area contributed by atoms with E-state index in [9.17, 15) is 4.79 Å². The van der Waals surface area contributed by atoms with E-state index in [2.05, 4.69) is 15.6 Å². The van der Waals surface area contributed by atoms with Gasteiger partial charge in [-0.1, -0.05) is 42.5 Å². The van der Waals surface area contributed by atoms with Gasteiger partial charge in [0, 0.05) is 19.5 Å². The molecule has 0 aliphatic heterocycles. The van der Waals surface area contributed by atoms with E-state index in [4.69, 9.17) is 4.42 Å². The zero-order valence-electron chi connectivity index (χ0n) is 12.1. The van der Waals surface area contributed by atoms with Crippen molar-refractivity contribution in [1.29, 1.82) is 0 Å². The van der Waals surface area contributed by atoms with Crippen LogP contribution in [-0.2, 0) is 13.0 Å². The summed E-state index contributed by atoms with van der Waals surface area (Å²) >= 11 is 0. The van der Waals surface area contributed by atoms with Crippen LogP contribution in [0.4, 0.5) is 4.79 Å². The molecule has 2 amide bonds. The Morgan fingerprint density at radius 3 is 2.59 bits per heavy atom. The number of para-hydroxylation sites is 2. The van der Waals surface area contributed by atoms with Crippen molar-refractivity contribution in [1.82, 2.24) is 15.6 Å². The van der Waals surface area contributed by atoms with Gasteiger partial charge in [-0.3, -0.25) is 0 Å². The number of urea groups is 1. The van der Waals surface area contributed by atoms with E-state index in [1.165, 1.54) is 0 Å². The molecule has 0 atom stereocenters. The van der Waals surface area contributed by atoms with E-state index in [-0.39, 0.29) is 6.03 Å². The molecule has 5 nitrogen and oxygen atoms in total. The van der Waals surface area contributed by atoms with Crippen LogP contribution in [0.15, 0.2) is 59.0 Å². The van der Waals surface area contributed by atoms with Crippen molar-refractivity contribution in [3.63, 3.8) is 0 Å². The molecular weight excluding hydrogens is 278 g/mol. The third kappa shape index (κ3) is 3.63. The Balaban J connectivity index is 1.43. The van der Waals surface area contributed by atoms with Gasteiger partial charge >= 0.3 is 6.03 Å². The summed E-state index contributed by atoms with van der Waals surface area (Å²) in [6, 6.07) is 17.2. The van der Waals surface area contributed by atoms with Gasteiger partial charge in [0.05, 0.1) is 0 Å². The topological polar surface area (TPSA) is 67.2 Å². The maximum atomic E-state index is 11.7. The highest BCUT2D eigenvalue weighted by atomic mass is 16.3. The van der Waals surface area contributed by atoms with Crippen LogP contribution in [-0.4, -0.2) is 17.6 Å². The van der Waals surface area contributed by atoms with Gasteiger partial charge in [0.15, 0.2) is 11.5 Å². The molecule has 0 unspecified atom stereocenters. The highest BCUT2D eigenvalue weighted by Gasteiger charge is 2.05. The molecule has 0 aliphatic carbocycles. The maximum Gasteiger partial charge on any atom is 0.315 e. The molecular formula is C17H17N3O2. The lowest BCUT2D eigenvalue weighted by molar-refractivity contribution is 0.240. The fourth-order valence-corrected chi connectivity index (χ4v) is 2.15. The molecule has 0 fully saturated rings. The molecule has 2 N–H and O–H groups in total. The second kappa shape index (κ2) is 6.76. The zero-order chi connectivity index (χ0) is 15.2. The summed E-state index contributed by atoms with van der Waals surface area (Å²) in [4.78, 5) is 16.1. The Kier molecular flexibility index (Phi) is 4.34. The van der Waals surface area contributed by atoms with E-state index >= 15 is 0 Å². The van der Waals surface area contributed by atoms with Gasteiger partial charge in [-0.05, 0) is 17.7 Å². The number of aromatic nitrogens is 1. The summed E-state index contributed by atoms with van der Waals surface area (Å²) in [7, 11) is 0. The first kappa shape index (κ1) is 14.1. The first-order valence-electron chi connectivity index (χ1n) is 7.21. The highest BCUT2D eigenvalue weighted by Crippen LogP contribution is 2.14. The fourth-order valence-electron chi connectivity index (χ4n) is 2.15. The van der Waals surface area contributed by atoms with Gasteiger partial charge < -0.3 is 15.1 Å². The van der Waals surface area contributed by atoms with Crippen LogP contribution in [0.1, 0.15) is 11.5 Å². The molecule has 0 aliphatic rings. The molecule has 0 saturated carbocycles. The van der Waals surface area contributed by atoms with E-state index in [1.54, 1.807) is 0 Å². The summed E-state index contributed by atoms with van der Waals surface area (Å²) < 4.78 is 5.60. The Bertz CT molecular complexity index is 720. The van der Waals surface area contributed by atoms with Gasteiger partial charge in [0.1, 0.15) is 5.52 Å². The first-order chi connectivity index (χ1) is 10.8. The summed E-state index contributed by atoms with van der Waals surface area (Å²) in [5.41, 5.74) is 2.67. The number of hydrogen-bond acceptors (Lipinski definition) is 3. The quantitative estimate of drug-likeness (QED) is 0.760. The Labute approximate surface area is 128 Å². The molecule has 0 spiro atoms. The predicted octanol–water partition coefficient (Wildman–Crippen LogP) is 2.87. The molecule has 0 radical (unpaired) electrons. The standard InChI is InChI=1S/C17H17N3O2/c21-17(19-12-13-6-2-1-3-7-13)18-11-10-16-20-14-8-4-5-9-15(14)22-16/h1-9H,10-12H2,(H2,18,19,21). The molecule has 0 saturated heterocycles. The number of oxazole rings is 1. The van der Waals surface area contributed by atoms with Crippen molar-refractivity contribution in [3.05, 3.63) is 66.1 Å². The Hall–Kier alpha value is -2.82.